The molecule has 2 atom stereocenters. The average molecular weight is 243 g/mol. The molecule has 1 saturated carbocycles. The van der Waals surface area contributed by atoms with Gasteiger partial charge in [-0.05, 0) is 19.3 Å². The Hall–Kier alpha value is -0.440. The van der Waals surface area contributed by atoms with Gasteiger partial charge in [0, 0.05) is 0 Å². The van der Waals surface area contributed by atoms with E-state index in [1.54, 1.807) is 0 Å². The maximum absolute atomic E-state index is 12.7. The SMILES string of the molecule is O=C(OC1CCCC1O)C(F)(F)SO[O-]. The van der Waals surface area contributed by atoms with Crippen LogP contribution in [0.25, 0.3) is 0 Å². The Morgan fingerprint density at radius 1 is 1.53 bits per heavy atom. The molecule has 2 unspecified atom stereocenters. The highest BCUT2D eigenvalue weighted by Crippen LogP contribution is 2.32. The van der Waals surface area contributed by atoms with Crippen LogP contribution in [0.4, 0.5) is 8.78 Å². The molecule has 0 radical (unpaired) electrons. The lowest BCUT2D eigenvalue weighted by atomic mass is 10.3. The number of esters is 1. The Balaban J connectivity index is 2.47. The first kappa shape index (κ1) is 12.6. The molecule has 0 aromatic heterocycles. The van der Waals surface area contributed by atoms with Crippen molar-refractivity contribution in [1.82, 2.24) is 0 Å². The van der Waals surface area contributed by atoms with E-state index in [0.717, 1.165) is 0 Å². The van der Waals surface area contributed by atoms with Crippen LogP contribution in [0, 0.1) is 0 Å². The number of carbonyl (C=O) groups excluding carboxylic acids is 1. The highest BCUT2D eigenvalue weighted by molar-refractivity contribution is 7.96. The molecular formula is C7H9F2O5S-. The second-order valence-electron chi connectivity index (χ2n) is 3.11. The normalized spacial score (nSPS) is 26.7. The number of ether oxygens (including phenoxy) is 1. The van der Waals surface area contributed by atoms with Crippen LogP contribution in [0.3, 0.4) is 0 Å². The molecular weight excluding hydrogens is 234 g/mol. The van der Waals surface area contributed by atoms with Gasteiger partial charge in [0.1, 0.15) is 6.10 Å². The van der Waals surface area contributed by atoms with Crippen LogP contribution in [0.1, 0.15) is 19.3 Å². The van der Waals surface area contributed by atoms with E-state index in [0.29, 0.717) is 19.3 Å². The van der Waals surface area contributed by atoms with Gasteiger partial charge < -0.3 is 19.4 Å². The van der Waals surface area contributed by atoms with Gasteiger partial charge in [-0.1, -0.05) is 0 Å². The van der Waals surface area contributed by atoms with Crippen molar-refractivity contribution in [2.24, 2.45) is 0 Å². The third kappa shape index (κ3) is 3.26. The van der Waals surface area contributed by atoms with Crippen LogP contribution in [0.5, 0.6) is 0 Å². The van der Waals surface area contributed by atoms with E-state index < -0.39 is 35.5 Å². The lowest BCUT2D eigenvalue weighted by Gasteiger charge is -2.20. The van der Waals surface area contributed by atoms with Gasteiger partial charge in [-0.3, -0.25) is 0 Å². The lowest BCUT2D eigenvalue weighted by molar-refractivity contribution is -0.630. The zero-order valence-electron chi connectivity index (χ0n) is 7.52. The lowest BCUT2D eigenvalue weighted by Crippen LogP contribution is -2.35. The molecule has 0 amide bonds. The molecule has 1 N–H and O–H groups in total. The fourth-order valence-corrected chi connectivity index (χ4v) is 1.53. The number of aliphatic hydroxyl groups is 1. The first-order chi connectivity index (χ1) is 6.97. The summed E-state index contributed by atoms with van der Waals surface area (Å²) in [5, 5.41) is 14.7. The van der Waals surface area contributed by atoms with Crippen molar-refractivity contribution in [3.05, 3.63) is 0 Å². The van der Waals surface area contributed by atoms with E-state index in [4.69, 9.17) is 0 Å². The molecule has 15 heavy (non-hydrogen) atoms. The monoisotopic (exact) mass is 243 g/mol. The third-order valence-electron chi connectivity index (χ3n) is 2.05. The van der Waals surface area contributed by atoms with E-state index in [2.05, 4.69) is 9.07 Å². The zero-order valence-corrected chi connectivity index (χ0v) is 8.34. The second kappa shape index (κ2) is 5.06. The van der Waals surface area contributed by atoms with Crippen molar-refractivity contribution < 1.29 is 33.0 Å². The fraction of sp³-hybridized carbons (Fsp3) is 0.857. The van der Waals surface area contributed by atoms with Crippen LogP contribution in [-0.4, -0.2) is 28.5 Å². The first-order valence-electron chi connectivity index (χ1n) is 4.22. The Morgan fingerprint density at radius 2 is 2.20 bits per heavy atom. The number of rotatable bonds is 4. The third-order valence-corrected chi connectivity index (χ3v) is 2.50. The highest BCUT2D eigenvalue weighted by atomic mass is 32.2. The average Bonchev–Trinajstić information content (AvgIpc) is 2.52. The van der Waals surface area contributed by atoms with E-state index in [1.165, 1.54) is 0 Å². The number of aliphatic hydroxyl groups excluding tert-OH is 1. The largest absolute Gasteiger partial charge is 0.710 e. The van der Waals surface area contributed by atoms with Crippen LogP contribution >= 0.6 is 12.0 Å². The van der Waals surface area contributed by atoms with Gasteiger partial charge >= 0.3 is 11.2 Å². The molecule has 0 bridgehead atoms. The Bertz CT molecular complexity index is 237. The van der Waals surface area contributed by atoms with Gasteiger partial charge in [0.25, 0.3) is 0 Å². The van der Waals surface area contributed by atoms with Crippen molar-refractivity contribution in [3.8, 4) is 0 Å². The molecule has 0 heterocycles. The first-order valence-corrected chi connectivity index (χ1v) is 4.96. The molecule has 5 nitrogen and oxygen atoms in total. The number of halogens is 2. The summed E-state index contributed by atoms with van der Waals surface area (Å²) < 4.78 is 32.6. The summed E-state index contributed by atoms with van der Waals surface area (Å²) in [5.74, 6) is -1.87. The van der Waals surface area contributed by atoms with Gasteiger partial charge in [0.15, 0.2) is 0 Å². The number of carbonyl (C=O) groups is 1. The van der Waals surface area contributed by atoms with Crippen LogP contribution < -0.4 is 5.26 Å². The zero-order chi connectivity index (χ0) is 11.5. The molecule has 1 fully saturated rings. The maximum Gasteiger partial charge on any atom is 0.412 e. The quantitative estimate of drug-likeness (QED) is 0.323. The Kier molecular flexibility index (Phi) is 4.26. The number of hydrogen-bond donors (Lipinski definition) is 1. The number of hydrogen-bond acceptors (Lipinski definition) is 6. The van der Waals surface area contributed by atoms with Crippen molar-refractivity contribution in [1.29, 1.82) is 0 Å². The van der Waals surface area contributed by atoms with Crippen molar-refractivity contribution in [2.75, 3.05) is 0 Å². The van der Waals surface area contributed by atoms with Crippen molar-refractivity contribution in [3.63, 3.8) is 0 Å². The standard InChI is InChI=1S/C7H10F2O5S/c8-7(9,15-14-12)6(11)13-5-3-1-2-4(5)10/h4-5,10,12H,1-3H2/p-1. The molecule has 0 spiro atoms. The molecule has 0 aromatic carbocycles. The maximum atomic E-state index is 12.7. The topological polar surface area (TPSA) is 78.8 Å². The summed E-state index contributed by atoms with van der Waals surface area (Å²) in [6.45, 7) is 0. The summed E-state index contributed by atoms with van der Waals surface area (Å²) in [7, 11) is 0. The van der Waals surface area contributed by atoms with Crippen molar-refractivity contribution in [2.45, 2.75) is 36.7 Å². The molecule has 1 aliphatic carbocycles. The van der Waals surface area contributed by atoms with Gasteiger partial charge in [-0.25, -0.2) is 4.79 Å². The predicted molar refractivity (Wildman–Crippen MR) is 43.4 cm³/mol. The summed E-state index contributed by atoms with van der Waals surface area (Å²) in [6.07, 6.45) is -0.477. The van der Waals surface area contributed by atoms with Crippen LogP contribution in [-0.2, 0) is 13.9 Å². The Morgan fingerprint density at radius 3 is 2.67 bits per heavy atom. The minimum atomic E-state index is -4.04. The molecule has 0 saturated heterocycles. The molecule has 8 heteroatoms. The second-order valence-corrected chi connectivity index (χ2v) is 3.93. The summed E-state index contributed by atoms with van der Waals surface area (Å²) in [6, 6.07) is 0. The van der Waals surface area contributed by atoms with E-state index in [-0.39, 0.29) is 0 Å². The summed E-state index contributed by atoms with van der Waals surface area (Å²) in [4.78, 5) is 10.8. The van der Waals surface area contributed by atoms with Gasteiger partial charge in [0.2, 0.25) is 0 Å². The minimum absolute atomic E-state index is 0.339. The highest BCUT2D eigenvalue weighted by Gasteiger charge is 2.44. The summed E-state index contributed by atoms with van der Waals surface area (Å²) in [5.41, 5.74) is 0. The van der Waals surface area contributed by atoms with Crippen LogP contribution in [0.15, 0.2) is 0 Å². The van der Waals surface area contributed by atoms with Crippen molar-refractivity contribution >= 4 is 18.0 Å². The smallest absolute Gasteiger partial charge is 0.412 e. The molecule has 1 aliphatic rings. The molecule has 1 rings (SSSR count). The molecule has 0 aromatic rings. The molecule has 88 valence electrons. The summed E-state index contributed by atoms with van der Waals surface area (Å²) >= 11 is -0.819. The van der Waals surface area contributed by atoms with Gasteiger partial charge in [-0.2, -0.15) is 8.78 Å². The van der Waals surface area contributed by atoms with E-state index in [1.807, 2.05) is 0 Å². The van der Waals surface area contributed by atoms with E-state index >= 15 is 0 Å². The van der Waals surface area contributed by atoms with Gasteiger partial charge in [0.05, 0.1) is 18.1 Å². The van der Waals surface area contributed by atoms with Gasteiger partial charge in [-0.15, -0.1) is 0 Å². The van der Waals surface area contributed by atoms with E-state index in [9.17, 15) is 23.9 Å². The van der Waals surface area contributed by atoms with Crippen LogP contribution in [0.2, 0.25) is 0 Å². The molecule has 0 aliphatic heterocycles. The fourth-order valence-electron chi connectivity index (χ4n) is 1.33. The Labute approximate surface area is 88.5 Å². The number of alkyl halides is 2. The minimum Gasteiger partial charge on any atom is -0.710 e. The predicted octanol–water partition coefficient (Wildman–Crippen LogP) is -0.0241.